The van der Waals surface area contributed by atoms with E-state index in [1.54, 1.807) is 6.07 Å². The number of hydrogen-bond donors (Lipinski definition) is 1. The minimum atomic E-state index is -0.516. The van der Waals surface area contributed by atoms with Gasteiger partial charge in [-0.05, 0) is 37.3 Å². The molecule has 0 bridgehead atoms. The van der Waals surface area contributed by atoms with Crippen LogP contribution in [0.3, 0.4) is 0 Å². The third kappa shape index (κ3) is 2.90. The van der Waals surface area contributed by atoms with Crippen LogP contribution in [-0.4, -0.2) is 24.0 Å². The van der Waals surface area contributed by atoms with E-state index in [-0.39, 0.29) is 6.42 Å². The van der Waals surface area contributed by atoms with Gasteiger partial charge in [0.05, 0.1) is 18.9 Å². The smallest absolute Gasteiger partial charge is 0.350 e. The van der Waals surface area contributed by atoms with Crippen molar-refractivity contribution < 1.29 is 14.3 Å². The van der Waals surface area contributed by atoms with E-state index in [1.165, 1.54) is 18.4 Å². The molecule has 0 saturated heterocycles. The first kappa shape index (κ1) is 15.4. The van der Waals surface area contributed by atoms with E-state index < -0.39 is 11.9 Å². The number of methoxy groups -OCH3 is 1. The Morgan fingerprint density at radius 3 is 2.96 bits per heavy atom. The molecule has 23 heavy (non-hydrogen) atoms. The average Bonchev–Trinajstić information content (AvgIpc) is 2.90. The van der Waals surface area contributed by atoms with Gasteiger partial charge < -0.3 is 10.1 Å². The number of aryl methyl sites for hydroxylation is 2. The van der Waals surface area contributed by atoms with E-state index in [2.05, 4.69) is 10.3 Å². The van der Waals surface area contributed by atoms with E-state index >= 15 is 0 Å². The lowest BCUT2D eigenvalue weighted by atomic mass is 9.95. The van der Waals surface area contributed by atoms with E-state index in [0.29, 0.717) is 15.4 Å². The van der Waals surface area contributed by atoms with Gasteiger partial charge in [0.2, 0.25) is 5.91 Å². The number of anilines is 1. The minimum Gasteiger partial charge on any atom is -0.465 e. The molecule has 3 rings (SSSR count). The van der Waals surface area contributed by atoms with Crippen LogP contribution in [0, 0.1) is 11.3 Å². The summed E-state index contributed by atoms with van der Waals surface area (Å²) in [6, 6.07) is 3.80. The van der Waals surface area contributed by atoms with Crippen LogP contribution >= 0.6 is 11.3 Å². The largest absolute Gasteiger partial charge is 0.465 e. The molecule has 2 heterocycles. The third-order valence-corrected chi connectivity index (χ3v) is 4.92. The van der Waals surface area contributed by atoms with Crippen molar-refractivity contribution in [2.75, 3.05) is 12.4 Å². The van der Waals surface area contributed by atoms with Crippen molar-refractivity contribution in [3.8, 4) is 6.07 Å². The summed E-state index contributed by atoms with van der Waals surface area (Å²) in [7, 11) is 1.30. The number of carbonyl (C=O) groups is 2. The highest BCUT2D eigenvalue weighted by Gasteiger charge is 2.23. The van der Waals surface area contributed by atoms with Crippen LogP contribution in [0.1, 0.15) is 40.2 Å². The molecule has 0 radical (unpaired) electrons. The van der Waals surface area contributed by atoms with E-state index in [4.69, 9.17) is 10.00 Å². The molecule has 1 amide bonds. The number of nitrogens with one attached hydrogen (secondary N) is 1. The molecule has 118 valence electrons. The van der Waals surface area contributed by atoms with Crippen molar-refractivity contribution in [3.63, 3.8) is 0 Å². The molecule has 6 nitrogen and oxygen atoms in total. The van der Waals surface area contributed by atoms with Crippen LogP contribution in [-0.2, 0) is 22.4 Å². The van der Waals surface area contributed by atoms with Crippen molar-refractivity contribution in [3.05, 3.63) is 22.2 Å². The molecule has 2 aromatic heterocycles. The molecule has 0 aliphatic heterocycles. The van der Waals surface area contributed by atoms with Crippen LogP contribution in [0.15, 0.2) is 6.07 Å². The van der Waals surface area contributed by atoms with Crippen molar-refractivity contribution in [2.24, 2.45) is 0 Å². The van der Waals surface area contributed by atoms with E-state index in [9.17, 15) is 9.59 Å². The standard InChI is InChI=1S/C16H15N3O3S/c1-22-16(21)14-13(19-12(20)6-7-17)10-8-9-4-2-3-5-11(9)18-15(10)23-14/h8H,2-6H2,1H3,(H,19,20). The number of esters is 1. The summed E-state index contributed by atoms with van der Waals surface area (Å²) in [5.41, 5.74) is 2.63. The fourth-order valence-corrected chi connectivity index (χ4v) is 3.81. The second kappa shape index (κ2) is 6.34. The van der Waals surface area contributed by atoms with Gasteiger partial charge in [-0.2, -0.15) is 5.26 Å². The van der Waals surface area contributed by atoms with Gasteiger partial charge in [0.25, 0.3) is 0 Å². The Morgan fingerprint density at radius 1 is 1.43 bits per heavy atom. The summed E-state index contributed by atoms with van der Waals surface area (Å²) in [5.74, 6) is -0.965. The number of hydrogen-bond acceptors (Lipinski definition) is 6. The highest BCUT2D eigenvalue weighted by molar-refractivity contribution is 7.21. The molecule has 0 saturated carbocycles. The zero-order valence-corrected chi connectivity index (χ0v) is 13.5. The first-order valence-corrected chi connectivity index (χ1v) is 8.16. The van der Waals surface area contributed by atoms with Crippen LogP contribution in [0.25, 0.3) is 10.2 Å². The monoisotopic (exact) mass is 329 g/mol. The number of thiophene rings is 1. The molecule has 0 aromatic carbocycles. The summed E-state index contributed by atoms with van der Waals surface area (Å²) in [5, 5.41) is 12.1. The maximum Gasteiger partial charge on any atom is 0.350 e. The van der Waals surface area contributed by atoms with E-state index in [0.717, 1.165) is 42.3 Å². The van der Waals surface area contributed by atoms with Gasteiger partial charge in [-0.25, -0.2) is 9.78 Å². The van der Waals surface area contributed by atoms with Gasteiger partial charge in [-0.1, -0.05) is 0 Å². The first-order valence-electron chi connectivity index (χ1n) is 7.34. The van der Waals surface area contributed by atoms with Crippen LogP contribution < -0.4 is 5.32 Å². The Bertz CT molecular complexity index is 835. The fraction of sp³-hybridized carbons (Fsp3) is 0.375. The Kier molecular flexibility index (Phi) is 4.26. The highest BCUT2D eigenvalue weighted by atomic mass is 32.1. The summed E-state index contributed by atoms with van der Waals surface area (Å²) in [4.78, 5) is 29.5. The summed E-state index contributed by atoms with van der Waals surface area (Å²) < 4.78 is 4.80. The van der Waals surface area contributed by atoms with Gasteiger partial charge >= 0.3 is 5.97 Å². The van der Waals surface area contributed by atoms with Crippen LogP contribution in [0.4, 0.5) is 5.69 Å². The average molecular weight is 329 g/mol. The van der Waals surface area contributed by atoms with Gasteiger partial charge in [0, 0.05) is 11.1 Å². The normalized spacial score (nSPS) is 13.2. The van der Waals surface area contributed by atoms with Crippen molar-refractivity contribution in [2.45, 2.75) is 32.1 Å². The number of nitriles is 1. The molecule has 0 unspecified atom stereocenters. The second-order valence-electron chi connectivity index (χ2n) is 5.33. The quantitative estimate of drug-likeness (QED) is 0.874. The zero-order chi connectivity index (χ0) is 16.4. The maximum atomic E-state index is 12.0. The summed E-state index contributed by atoms with van der Waals surface area (Å²) in [6.45, 7) is 0. The van der Waals surface area contributed by atoms with Gasteiger partial charge in [-0.15, -0.1) is 11.3 Å². The number of pyridine rings is 1. The lowest BCUT2D eigenvalue weighted by molar-refractivity contribution is -0.115. The molecule has 0 atom stereocenters. The predicted molar refractivity (Wildman–Crippen MR) is 86.5 cm³/mol. The minimum absolute atomic E-state index is 0.268. The number of carbonyl (C=O) groups excluding carboxylic acids is 2. The topological polar surface area (TPSA) is 92.1 Å². The third-order valence-electron chi connectivity index (χ3n) is 3.84. The lowest BCUT2D eigenvalue weighted by Gasteiger charge is -2.14. The van der Waals surface area contributed by atoms with Crippen LogP contribution in [0.5, 0.6) is 0 Å². The number of ether oxygens (including phenoxy) is 1. The molecular weight excluding hydrogens is 314 g/mol. The predicted octanol–water partition coefficient (Wildman–Crippen LogP) is 2.81. The second-order valence-corrected chi connectivity index (χ2v) is 6.33. The Labute approximate surface area is 137 Å². The fourth-order valence-electron chi connectivity index (χ4n) is 2.76. The van der Waals surface area contributed by atoms with Gasteiger partial charge in [0.1, 0.15) is 16.1 Å². The summed E-state index contributed by atoms with van der Waals surface area (Å²) >= 11 is 1.21. The number of amides is 1. The molecule has 7 heteroatoms. The molecule has 1 aliphatic carbocycles. The van der Waals surface area contributed by atoms with Gasteiger partial charge in [-0.3, -0.25) is 4.79 Å². The molecule has 0 fully saturated rings. The highest BCUT2D eigenvalue weighted by Crippen LogP contribution is 2.37. The van der Waals surface area contributed by atoms with Crippen LogP contribution in [0.2, 0.25) is 0 Å². The van der Waals surface area contributed by atoms with Crippen molar-refractivity contribution >= 4 is 39.1 Å². The molecular formula is C16H15N3O3S. The first-order chi connectivity index (χ1) is 11.1. The van der Waals surface area contributed by atoms with Crippen molar-refractivity contribution in [1.82, 2.24) is 4.98 Å². The van der Waals surface area contributed by atoms with E-state index in [1.807, 2.05) is 6.07 Å². The lowest BCUT2D eigenvalue weighted by Crippen LogP contribution is -2.13. The zero-order valence-electron chi connectivity index (χ0n) is 12.6. The molecule has 0 spiro atoms. The maximum absolute atomic E-state index is 12.0. The summed E-state index contributed by atoms with van der Waals surface area (Å²) in [6.07, 6.45) is 3.85. The molecule has 1 aliphatic rings. The molecule has 1 N–H and O–H groups in total. The number of rotatable bonds is 3. The number of aromatic nitrogens is 1. The van der Waals surface area contributed by atoms with Gasteiger partial charge in [0.15, 0.2) is 0 Å². The SMILES string of the molecule is COC(=O)c1sc2nc3c(cc2c1NC(=O)CC#N)CCCC3. The Morgan fingerprint density at radius 2 is 2.22 bits per heavy atom. The Hall–Kier alpha value is -2.46. The Balaban J connectivity index is 2.14. The van der Waals surface area contributed by atoms with Crippen molar-refractivity contribution in [1.29, 1.82) is 5.26 Å². The number of nitrogens with zero attached hydrogens (tertiary/aromatic N) is 2. The number of fused-ring (bicyclic) bond motifs is 2. The molecule has 2 aromatic rings.